The lowest BCUT2D eigenvalue weighted by Gasteiger charge is -2.16. The molecule has 1 N–H and O–H groups in total. The van der Waals surface area contributed by atoms with Crippen LogP contribution in [0.1, 0.15) is 24.5 Å². The van der Waals surface area contributed by atoms with Crippen molar-refractivity contribution in [2.45, 2.75) is 32.4 Å². The van der Waals surface area contributed by atoms with E-state index in [0.29, 0.717) is 18.4 Å². The molecule has 1 aromatic rings. The van der Waals surface area contributed by atoms with Crippen molar-refractivity contribution in [2.24, 2.45) is 5.92 Å². The molecular weight excluding hydrogens is 254 g/mol. The zero-order valence-corrected chi connectivity index (χ0v) is 12.2. The van der Waals surface area contributed by atoms with Gasteiger partial charge in [-0.1, -0.05) is 24.3 Å². The van der Waals surface area contributed by atoms with Crippen LogP contribution in [0.5, 0.6) is 0 Å². The molecule has 20 heavy (non-hydrogen) atoms. The van der Waals surface area contributed by atoms with E-state index in [0.717, 1.165) is 37.2 Å². The maximum atomic E-state index is 11.4. The van der Waals surface area contributed by atoms with E-state index in [-0.39, 0.29) is 5.97 Å². The third kappa shape index (κ3) is 4.05. The summed E-state index contributed by atoms with van der Waals surface area (Å²) in [6, 6.07) is 7.99. The molecule has 1 aliphatic rings. The Kier molecular flexibility index (Phi) is 5.56. The van der Waals surface area contributed by atoms with Gasteiger partial charge in [0, 0.05) is 19.7 Å². The fraction of sp³-hybridized carbons (Fsp3) is 0.562. The first-order valence-corrected chi connectivity index (χ1v) is 7.16. The number of hydrogen-bond donors (Lipinski definition) is 1. The van der Waals surface area contributed by atoms with Gasteiger partial charge >= 0.3 is 5.97 Å². The summed E-state index contributed by atoms with van der Waals surface area (Å²) >= 11 is 0. The smallest absolute Gasteiger partial charge is 0.309 e. The lowest BCUT2D eigenvalue weighted by atomic mass is 10.0. The minimum absolute atomic E-state index is 0.199. The molecule has 1 aromatic carbocycles. The Bertz CT molecular complexity index is 447. The zero-order chi connectivity index (χ0) is 14.4. The molecule has 2 rings (SSSR count). The van der Waals surface area contributed by atoms with E-state index in [9.17, 15) is 4.79 Å². The molecule has 0 aliphatic carbocycles. The average Bonchev–Trinajstić information content (AvgIpc) is 2.86. The summed E-state index contributed by atoms with van der Waals surface area (Å²) in [6.45, 7) is 4.72. The van der Waals surface area contributed by atoms with Crippen molar-refractivity contribution in [3.05, 3.63) is 35.4 Å². The molecule has 2 unspecified atom stereocenters. The van der Waals surface area contributed by atoms with Gasteiger partial charge in [-0.25, -0.2) is 0 Å². The van der Waals surface area contributed by atoms with Crippen LogP contribution in [-0.4, -0.2) is 32.3 Å². The Balaban J connectivity index is 1.87. The van der Waals surface area contributed by atoms with Crippen LogP contribution in [0.3, 0.4) is 0 Å². The monoisotopic (exact) mass is 277 g/mol. The van der Waals surface area contributed by atoms with Crippen LogP contribution in [0.15, 0.2) is 24.3 Å². The number of rotatable bonds is 6. The molecule has 4 nitrogen and oxygen atoms in total. The molecule has 1 saturated heterocycles. The van der Waals surface area contributed by atoms with Crippen LogP contribution >= 0.6 is 0 Å². The summed E-state index contributed by atoms with van der Waals surface area (Å²) in [5.74, 6) is 0.387. The highest BCUT2D eigenvalue weighted by molar-refractivity contribution is 5.72. The molecule has 0 spiro atoms. The fourth-order valence-corrected chi connectivity index (χ4v) is 2.57. The maximum absolute atomic E-state index is 11.4. The number of benzene rings is 1. The van der Waals surface area contributed by atoms with Gasteiger partial charge in [-0.2, -0.15) is 0 Å². The minimum atomic E-state index is -0.199. The summed E-state index contributed by atoms with van der Waals surface area (Å²) in [5, 5.41) is 3.47. The number of nitrogens with one attached hydrogen (secondary N) is 1. The van der Waals surface area contributed by atoms with Gasteiger partial charge in [-0.15, -0.1) is 0 Å². The van der Waals surface area contributed by atoms with Gasteiger partial charge in [-0.05, 0) is 30.4 Å². The normalized spacial score (nSPS) is 21.9. The number of esters is 1. The van der Waals surface area contributed by atoms with Gasteiger partial charge in [0.2, 0.25) is 0 Å². The van der Waals surface area contributed by atoms with Crippen molar-refractivity contribution in [1.29, 1.82) is 0 Å². The number of carbonyl (C=O) groups excluding carboxylic acids is 1. The van der Waals surface area contributed by atoms with Gasteiger partial charge in [0.25, 0.3) is 0 Å². The average molecular weight is 277 g/mol. The van der Waals surface area contributed by atoms with E-state index in [1.807, 2.05) is 18.2 Å². The maximum Gasteiger partial charge on any atom is 0.309 e. The van der Waals surface area contributed by atoms with Crippen molar-refractivity contribution in [1.82, 2.24) is 5.32 Å². The summed E-state index contributed by atoms with van der Waals surface area (Å²) < 4.78 is 10.3. The van der Waals surface area contributed by atoms with E-state index in [1.165, 1.54) is 7.11 Å². The quantitative estimate of drug-likeness (QED) is 0.807. The standard InChI is InChI=1S/C16H23NO3/c1-12-14(7-8-20-12)10-17-11-15-6-4-3-5-13(15)9-16(18)19-2/h3-6,12,14,17H,7-11H2,1-2H3. The number of ether oxygens (including phenoxy) is 2. The molecule has 4 heteroatoms. The molecule has 0 radical (unpaired) electrons. The third-order valence-corrected chi connectivity index (χ3v) is 3.94. The molecule has 0 aromatic heterocycles. The Morgan fingerprint density at radius 1 is 1.40 bits per heavy atom. The first-order chi connectivity index (χ1) is 9.70. The summed E-state index contributed by atoms with van der Waals surface area (Å²) in [7, 11) is 1.42. The summed E-state index contributed by atoms with van der Waals surface area (Å²) in [5.41, 5.74) is 2.19. The number of methoxy groups -OCH3 is 1. The van der Waals surface area contributed by atoms with Crippen LogP contribution in [-0.2, 0) is 27.2 Å². The van der Waals surface area contributed by atoms with Crippen LogP contribution in [0, 0.1) is 5.92 Å². The fourth-order valence-electron chi connectivity index (χ4n) is 2.57. The second-order valence-corrected chi connectivity index (χ2v) is 5.28. The van der Waals surface area contributed by atoms with Crippen LogP contribution in [0.25, 0.3) is 0 Å². The van der Waals surface area contributed by atoms with Gasteiger partial charge < -0.3 is 14.8 Å². The highest BCUT2D eigenvalue weighted by atomic mass is 16.5. The number of carbonyl (C=O) groups is 1. The van der Waals surface area contributed by atoms with E-state index in [2.05, 4.69) is 18.3 Å². The van der Waals surface area contributed by atoms with E-state index in [4.69, 9.17) is 9.47 Å². The molecule has 0 saturated carbocycles. The molecular formula is C16H23NO3. The van der Waals surface area contributed by atoms with Crippen LogP contribution in [0.4, 0.5) is 0 Å². The Morgan fingerprint density at radius 3 is 2.80 bits per heavy atom. The van der Waals surface area contributed by atoms with Crippen LogP contribution < -0.4 is 5.32 Å². The SMILES string of the molecule is COC(=O)Cc1ccccc1CNCC1CCOC1C. The first kappa shape index (κ1) is 15.0. The van der Waals surface area contributed by atoms with E-state index in [1.54, 1.807) is 0 Å². The Labute approximate surface area is 120 Å². The van der Waals surface area contributed by atoms with Gasteiger partial charge in [0.1, 0.15) is 0 Å². The topological polar surface area (TPSA) is 47.6 Å². The Hall–Kier alpha value is -1.39. The van der Waals surface area contributed by atoms with E-state index >= 15 is 0 Å². The van der Waals surface area contributed by atoms with Crippen molar-refractivity contribution < 1.29 is 14.3 Å². The highest BCUT2D eigenvalue weighted by Gasteiger charge is 2.23. The van der Waals surface area contributed by atoms with Gasteiger partial charge in [0.05, 0.1) is 19.6 Å². The summed E-state index contributed by atoms with van der Waals surface area (Å²) in [6.07, 6.45) is 1.79. The molecule has 1 fully saturated rings. The molecule has 0 bridgehead atoms. The van der Waals surface area contributed by atoms with Gasteiger partial charge in [-0.3, -0.25) is 4.79 Å². The molecule has 2 atom stereocenters. The lowest BCUT2D eigenvalue weighted by molar-refractivity contribution is -0.139. The van der Waals surface area contributed by atoms with Crippen LogP contribution in [0.2, 0.25) is 0 Å². The minimum Gasteiger partial charge on any atom is -0.469 e. The van der Waals surface area contributed by atoms with Crippen molar-refractivity contribution in [2.75, 3.05) is 20.3 Å². The van der Waals surface area contributed by atoms with Gasteiger partial charge in [0.15, 0.2) is 0 Å². The van der Waals surface area contributed by atoms with Crippen molar-refractivity contribution >= 4 is 5.97 Å². The summed E-state index contributed by atoms with van der Waals surface area (Å²) in [4.78, 5) is 11.4. The predicted octanol–water partition coefficient (Wildman–Crippen LogP) is 1.92. The van der Waals surface area contributed by atoms with E-state index < -0.39 is 0 Å². The third-order valence-electron chi connectivity index (χ3n) is 3.94. The largest absolute Gasteiger partial charge is 0.469 e. The highest BCUT2D eigenvalue weighted by Crippen LogP contribution is 2.19. The first-order valence-electron chi connectivity index (χ1n) is 7.16. The molecule has 0 amide bonds. The molecule has 1 aliphatic heterocycles. The second-order valence-electron chi connectivity index (χ2n) is 5.28. The predicted molar refractivity (Wildman–Crippen MR) is 77.4 cm³/mol. The second kappa shape index (κ2) is 7.41. The number of hydrogen-bond acceptors (Lipinski definition) is 4. The lowest BCUT2D eigenvalue weighted by Crippen LogP contribution is -2.27. The van der Waals surface area contributed by atoms with Crippen molar-refractivity contribution in [3.63, 3.8) is 0 Å². The zero-order valence-electron chi connectivity index (χ0n) is 12.2. The van der Waals surface area contributed by atoms with Crippen molar-refractivity contribution in [3.8, 4) is 0 Å². The molecule has 110 valence electrons. The Morgan fingerprint density at radius 2 is 2.15 bits per heavy atom. The molecule has 1 heterocycles.